The van der Waals surface area contributed by atoms with Crippen molar-refractivity contribution in [3.63, 3.8) is 0 Å². The molecule has 5 atom stereocenters. The number of ether oxygens (including phenoxy) is 1. The summed E-state index contributed by atoms with van der Waals surface area (Å²) in [5, 5.41) is 28.5. The molecule has 1 rings (SSSR count). The monoisotopic (exact) mass is 287 g/mol. The van der Waals surface area contributed by atoms with Crippen molar-refractivity contribution in [3.8, 4) is 0 Å². The van der Waals surface area contributed by atoms with Crippen LogP contribution in [0.2, 0.25) is 0 Å². The molecule has 0 aliphatic carbocycles. The van der Waals surface area contributed by atoms with Gasteiger partial charge in [-0.3, -0.25) is 4.79 Å². The summed E-state index contributed by atoms with van der Waals surface area (Å²) in [6, 6.07) is 0. The molecule has 18 heavy (non-hydrogen) atoms. The molecule has 0 aromatic rings. The number of alkyl halides is 2. The average Bonchev–Trinajstić information content (AvgIpc) is 2.29. The Morgan fingerprint density at radius 2 is 1.89 bits per heavy atom. The first-order valence-corrected chi connectivity index (χ1v) is 6.39. The molecule has 0 spiro atoms. The SMILES string of the molecule is CSC1OC(CC(F)(F)C(N)=O)C(O)C(O)C1O. The molecule has 1 fully saturated rings. The number of primary amides is 1. The van der Waals surface area contributed by atoms with E-state index in [9.17, 15) is 28.9 Å². The Morgan fingerprint density at radius 3 is 2.33 bits per heavy atom. The van der Waals surface area contributed by atoms with Gasteiger partial charge in [0, 0.05) is 6.42 Å². The molecule has 1 aliphatic heterocycles. The molecule has 1 amide bonds. The van der Waals surface area contributed by atoms with E-state index < -0.39 is 48.1 Å². The number of thioether (sulfide) groups is 1. The van der Waals surface area contributed by atoms with Gasteiger partial charge in [0.05, 0.1) is 6.10 Å². The standard InChI is InChI=1S/C9H15F2NO5S/c1-18-7-6(15)5(14)4(13)3(17-7)2-9(10,11)8(12)16/h3-7,13-15H,2H2,1H3,(H2,12,16). The van der Waals surface area contributed by atoms with Crippen LogP contribution in [0.15, 0.2) is 0 Å². The van der Waals surface area contributed by atoms with E-state index in [4.69, 9.17) is 4.74 Å². The van der Waals surface area contributed by atoms with Crippen molar-refractivity contribution in [2.24, 2.45) is 5.73 Å². The van der Waals surface area contributed by atoms with Gasteiger partial charge in [0.25, 0.3) is 5.91 Å². The van der Waals surface area contributed by atoms with Gasteiger partial charge in [-0.25, -0.2) is 0 Å². The van der Waals surface area contributed by atoms with Gasteiger partial charge in [0.2, 0.25) is 0 Å². The fraction of sp³-hybridized carbons (Fsp3) is 0.889. The summed E-state index contributed by atoms with van der Waals surface area (Å²) in [6.45, 7) is 0. The number of halogens is 2. The van der Waals surface area contributed by atoms with E-state index in [1.165, 1.54) is 0 Å². The quantitative estimate of drug-likeness (QED) is 0.509. The normalized spacial score (nSPS) is 37.6. The lowest BCUT2D eigenvalue weighted by Crippen LogP contribution is -2.58. The van der Waals surface area contributed by atoms with Crippen LogP contribution >= 0.6 is 11.8 Å². The summed E-state index contributed by atoms with van der Waals surface area (Å²) in [4.78, 5) is 10.5. The highest BCUT2D eigenvalue weighted by Gasteiger charge is 2.49. The van der Waals surface area contributed by atoms with Crippen LogP contribution in [-0.4, -0.2) is 63.3 Å². The zero-order valence-electron chi connectivity index (χ0n) is 9.49. The van der Waals surface area contributed by atoms with Crippen LogP contribution < -0.4 is 5.73 Å². The summed E-state index contributed by atoms with van der Waals surface area (Å²) in [5.41, 5.74) is 3.56. The summed E-state index contributed by atoms with van der Waals surface area (Å²) in [5.74, 6) is -5.68. The van der Waals surface area contributed by atoms with E-state index in [1.807, 2.05) is 0 Å². The van der Waals surface area contributed by atoms with Crippen molar-refractivity contribution < 1.29 is 33.6 Å². The van der Waals surface area contributed by atoms with Gasteiger partial charge < -0.3 is 25.8 Å². The number of hydrogen-bond donors (Lipinski definition) is 4. The second-order valence-electron chi connectivity index (χ2n) is 4.02. The molecule has 0 aromatic carbocycles. The van der Waals surface area contributed by atoms with E-state index in [-0.39, 0.29) is 0 Å². The molecular formula is C9H15F2NO5S. The predicted octanol–water partition coefficient (Wildman–Crippen LogP) is -1.33. The van der Waals surface area contributed by atoms with Crippen LogP contribution in [0.25, 0.3) is 0 Å². The fourth-order valence-corrected chi connectivity index (χ4v) is 2.33. The number of amides is 1. The Kier molecular flexibility index (Phi) is 4.90. The van der Waals surface area contributed by atoms with Gasteiger partial charge in [0.15, 0.2) is 0 Å². The molecule has 9 heteroatoms. The van der Waals surface area contributed by atoms with Crippen LogP contribution in [0.4, 0.5) is 8.78 Å². The van der Waals surface area contributed by atoms with Crippen molar-refractivity contribution in [2.75, 3.05) is 6.26 Å². The Balaban J connectivity index is 2.79. The molecule has 1 heterocycles. The molecule has 0 radical (unpaired) electrons. The topological polar surface area (TPSA) is 113 Å². The number of carbonyl (C=O) groups is 1. The van der Waals surface area contributed by atoms with Crippen LogP contribution in [0.3, 0.4) is 0 Å². The Hall–Kier alpha value is -0.480. The van der Waals surface area contributed by atoms with Crippen LogP contribution in [-0.2, 0) is 9.53 Å². The van der Waals surface area contributed by atoms with Gasteiger partial charge >= 0.3 is 5.92 Å². The van der Waals surface area contributed by atoms with Gasteiger partial charge in [-0.1, -0.05) is 0 Å². The molecule has 106 valence electrons. The second kappa shape index (κ2) is 5.66. The van der Waals surface area contributed by atoms with E-state index >= 15 is 0 Å². The predicted molar refractivity (Wildman–Crippen MR) is 59.0 cm³/mol. The number of aliphatic hydroxyl groups is 3. The maximum absolute atomic E-state index is 13.1. The molecule has 1 saturated heterocycles. The minimum atomic E-state index is -3.85. The van der Waals surface area contributed by atoms with E-state index in [0.29, 0.717) is 0 Å². The fourth-order valence-electron chi connectivity index (χ4n) is 1.63. The average molecular weight is 287 g/mol. The zero-order chi connectivity index (χ0) is 14.1. The number of carbonyl (C=O) groups excluding carboxylic acids is 1. The van der Waals surface area contributed by atoms with Gasteiger partial charge in [-0.05, 0) is 6.26 Å². The Bertz CT molecular complexity index is 317. The van der Waals surface area contributed by atoms with Crippen LogP contribution in [0.1, 0.15) is 6.42 Å². The molecule has 5 unspecified atom stereocenters. The summed E-state index contributed by atoms with van der Waals surface area (Å²) in [7, 11) is 0. The minimum absolute atomic E-state index is 0.961. The molecule has 0 bridgehead atoms. The molecule has 1 aliphatic rings. The third-order valence-corrected chi connectivity index (χ3v) is 3.57. The Labute approximate surface area is 106 Å². The number of aliphatic hydroxyl groups excluding tert-OH is 3. The van der Waals surface area contributed by atoms with Gasteiger partial charge in [-0.2, -0.15) is 8.78 Å². The highest BCUT2D eigenvalue weighted by molar-refractivity contribution is 7.99. The smallest absolute Gasteiger partial charge is 0.326 e. The maximum Gasteiger partial charge on any atom is 0.326 e. The van der Waals surface area contributed by atoms with Crippen molar-refractivity contribution >= 4 is 17.7 Å². The lowest BCUT2D eigenvalue weighted by atomic mass is 9.95. The minimum Gasteiger partial charge on any atom is -0.388 e. The zero-order valence-corrected chi connectivity index (χ0v) is 10.3. The van der Waals surface area contributed by atoms with Crippen molar-refractivity contribution in [1.82, 2.24) is 0 Å². The third kappa shape index (κ3) is 3.09. The van der Waals surface area contributed by atoms with Crippen LogP contribution in [0, 0.1) is 0 Å². The molecule has 0 saturated carbocycles. The van der Waals surface area contributed by atoms with E-state index in [1.54, 1.807) is 6.26 Å². The van der Waals surface area contributed by atoms with Crippen molar-refractivity contribution in [1.29, 1.82) is 0 Å². The van der Waals surface area contributed by atoms with Crippen molar-refractivity contribution in [3.05, 3.63) is 0 Å². The number of hydrogen-bond acceptors (Lipinski definition) is 6. The van der Waals surface area contributed by atoms with Crippen LogP contribution in [0.5, 0.6) is 0 Å². The molecule has 0 aromatic heterocycles. The van der Waals surface area contributed by atoms with Gasteiger partial charge in [0.1, 0.15) is 23.7 Å². The highest BCUT2D eigenvalue weighted by atomic mass is 32.2. The largest absolute Gasteiger partial charge is 0.388 e. The summed E-state index contributed by atoms with van der Waals surface area (Å²) >= 11 is 0.993. The lowest BCUT2D eigenvalue weighted by Gasteiger charge is -2.40. The molecule has 6 nitrogen and oxygen atoms in total. The Morgan fingerprint density at radius 1 is 1.33 bits per heavy atom. The van der Waals surface area contributed by atoms with E-state index in [2.05, 4.69) is 5.73 Å². The highest BCUT2D eigenvalue weighted by Crippen LogP contribution is 2.32. The van der Waals surface area contributed by atoms with E-state index in [0.717, 1.165) is 11.8 Å². The number of nitrogens with two attached hydrogens (primary N) is 1. The summed E-state index contributed by atoms with van der Waals surface area (Å²) in [6.07, 6.45) is -5.82. The van der Waals surface area contributed by atoms with Crippen molar-refractivity contribution in [2.45, 2.75) is 42.2 Å². The molecular weight excluding hydrogens is 272 g/mol. The van der Waals surface area contributed by atoms with Gasteiger partial charge in [-0.15, -0.1) is 11.8 Å². The first-order valence-electron chi connectivity index (χ1n) is 5.11. The molecule has 5 N–H and O–H groups in total. The number of rotatable bonds is 4. The summed E-state index contributed by atoms with van der Waals surface area (Å²) < 4.78 is 31.3. The maximum atomic E-state index is 13.1. The first kappa shape index (κ1) is 15.6. The third-order valence-electron chi connectivity index (χ3n) is 2.72. The lowest BCUT2D eigenvalue weighted by molar-refractivity contribution is -0.213. The second-order valence-corrected chi connectivity index (χ2v) is 4.96. The first-order chi connectivity index (χ1) is 8.20.